The summed E-state index contributed by atoms with van der Waals surface area (Å²) in [7, 11) is 0. The van der Waals surface area contributed by atoms with Crippen molar-refractivity contribution in [2.45, 2.75) is 33.3 Å². The number of carbonyl (C=O) groups excluding carboxylic acids is 4. The molecule has 0 unspecified atom stereocenters. The van der Waals surface area contributed by atoms with E-state index in [0.717, 1.165) is 10.6 Å². The fraction of sp³-hybridized carbons (Fsp3) is 0.375. The maximum Gasteiger partial charge on any atom is 0.410 e. The van der Waals surface area contributed by atoms with E-state index in [2.05, 4.69) is 5.32 Å². The number of benzene rings is 1. The van der Waals surface area contributed by atoms with Crippen LogP contribution in [0.3, 0.4) is 0 Å². The Morgan fingerprint density at radius 2 is 1.63 bits per heavy atom. The lowest BCUT2D eigenvalue weighted by atomic mass is 10.0. The van der Waals surface area contributed by atoms with Gasteiger partial charge in [0.25, 0.3) is 23.3 Å². The Morgan fingerprint density at radius 1 is 1.00 bits per heavy atom. The van der Waals surface area contributed by atoms with E-state index in [1.165, 1.54) is 0 Å². The van der Waals surface area contributed by atoms with Gasteiger partial charge in [-0.15, -0.1) is 0 Å². The summed E-state index contributed by atoms with van der Waals surface area (Å²) in [6.45, 7) is 8.23. The molecule has 1 saturated heterocycles. The van der Waals surface area contributed by atoms with Crippen LogP contribution in [0, 0.1) is 6.92 Å². The normalized spacial score (nSPS) is 15.7. The van der Waals surface area contributed by atoms with Crippen LogP contribution in [0.4, 0.5) is 10.6 Å². The maximum absolute atomic E-state index is 13.5. The summed E-state index contributed by atoms with van der Waals surface area (Å²) in [6, 6.07) is 6.03. The second kappa shape index (κ2) is 8.57. The molecule has 1 aromatic heterocycles. The Labute approximate surface area is 201 Å². The summed E-state index contributed by atoms with van der Waals surface area (Å²) in [6.07, 6.45) is -0.439. The number of anilines is 1. The van der Waals surface area contributed by atoms with Crippen molar-refractivity contribution in [2.24, 2.45) is 0 Å². The van der Waals surface area contributed by atoms with E-state index in [4.69, 9.17) is 10.5 Å². The van der Waals surface area contributed by atoms with Gasteiger partial charge in [-0.2, -0.15) is 0 Å². The molecule has 4 amide bonds. The molecule has 11 heteroatoms. The number of ether oxygens (including phenoxy) is 1. The molecule has 3 N–H and O–H groups in total. The highest BCUT2D eigenvalue weighted by molar-refractivity contribution is 6.23. The molecule has 0 bridgehead atoms. The number of hydrogen-bond donors (Lipinski definition) is 2. The number of imide groups is 1. The first-order valence-corrected chi connectivity index (χ1v) is 11.2. The Hall–Kier alpha value is -4.15. The number of rotatable bonds is 2. The van der Waals surface area contributed by atoms with Gasteiger partial charge in [0.15, 0.2) is 0 Å². The first kappa shape index (κ1) is 24.0. The lowest BCUT2D eigenvalue weighted by molar-refractivity contribution is 0.0140. The zero-order valence-electron chi connectivity index (χ0n) is 20.0. The number of nitrogens with one attached hydrogen (secondary N) is 1. The van der Waals surface area contributed by atoms with Crippen LogP contribution in [0.2, 0.25) is 0 Å². The molecule has 35 heavy (non-hydrogen) atoms. The summed E-state index contributed by atoms with van der Waals surface area (Å²) < 4.78 is 6.50. The molecule has 0 radical (unpaired) electrons. The van der Waals surface area contributed by atoms with Crippen LogP contribution < -0.4 is 16.6 Å². The van der Waals surface area contributed by atoms with Gasteiger partial charge in [-0.05, 0) is 39.3 Å². The van der Waals surface area contributed by atoms with Crippen LogP contribution in [0.1, 0.15) is 57.4 Å². The number of aromatic nitrogens is 1. The third-order valence-corrected chi connectivity index (χ3v) is 5.86. The summed E-state index contributed by atoms with van der Waals surface area (Å²) in [5.74, 6) is -1.95. The Morgan fingerprint density at radius 3 is 2.26 bits per heavy atom. The van der Waals surface area contributed by atoms with Gasteiger partial charge in [0.2, 0.25) is 0 Å². The van der Waals surface area contributed by atoms with Gasteiger partial charge in [-0.25, -0.2) is 4.79 Å². The van der Waals surface area contributed by atoms with Crippen molar-refractivity contribution >= 4 is 29.6 Å². The fourth-order valence-electron chi connectivity index (χ4n) is 4.23. The molecule has 0 atom stereocenters. The molecule has 2 aliphatic heterocycles. The average molecular weight is 482 g/mol. The number of nitrogen functional groups attached to an aromatic ring is 1. The Kier molecular flexibility index (Phi) is 5.87. The smallest absolute Gasteiger partial charge is 0.410 e. The predicted molar refractivity (Wildman–Crippen MR) is 127 cm³/mol. The molecule has 2 aromatic rings. The van der Waals surface area contributed by atoms with Crippen LogP contribution in [0.15, 0.2) is 29.1 Å². The largest absolute Gasteiger partial charge is 0.444 e. The van der Waals surface area contributed by atoms with Gasteiger partial charge < -0.3 is 20.3 Å². The van der Waals surface area contributed by atoms with Crippen molar-refractivity contribution in [3.05, 3.63) is 56.9 Å². The first-order valence-electron chi connectivity index (χ1n) is 11.2. The minimum atomic E-state index is -0.698. The number of fused-ring (bicyclic) bond motifs is 1. The molecule has 1 aromatic carbocycles. The van der Waals surface area contributed by atoms with Crippen molar-refractivity contribution < 1.29 is 23.9 Å². The molecule has 0 saturated carbocycles. The lowest BCUT2D eigenvalue weighted by Crippen LogP contribution is -2.51. The van der Waals surface area contributed by atoms with Gasteiger partial charge >= 0.3 is 6.09 Å². The molecular weight excluding hydrogens is 454 g/mol. The molecule has 0 spiro atoms. The van der Waals surface area contributed by atoms with Crippen LogP contribution >= 0.6 is 0 Å². The molecule has 1 fully saturated rings. The second-order valence-electron chi connectivity index (χ2n) is 9.51. The molecule has 0 aliphatic carbocycles. The number of nitrogens with two attached hydrogens (primary N) is 1. The molecule has 3 heterocycles. The summed E-state index contributed by atoms with van der Waals surface area (Å²) in [5.41, 5.74) is 5.81. The molecule has 11 nitrogen and oxygen atoms in total. The molecule has 4 rings (SSSR count). The van der Waals surface area contributed by atoms with Crippen molar-refractivity contribution in [2.75, 3.05) is 31.9 Å². The number of pyridine rings is 1. The van der Waals surface area contributed by atoms with E-state index < -0.39 is 29.1 Å². The Bertz CT molecular complexity index is 1310. The van der Waals surface area contributed by atoms with Crippen molar-refractivity contribution in [3.63, 3.8) is 0 Å². The van der Waals surface area contributed by atoms with Gasteiger partial charge in [0.1, 0.15) is 11.4 Å². The second-order valence-corrected chi connectivity index (χ2v) is 9.51. The monoisotopic (exact) mass is 481 g/mol. The number of carbonyl (C=O) groups is 4. The van der Waals surface area contributed by atoms with Gasteiger partial charge in [-0.3, -0.25) is 29.1 Å². The third-order valence-electron chi connectivity index (χ3n) is 5.86. The van der Waals surface area contributed by atoms with Crippen molar-refractivity contribution in [1.82, 2.24) is 19.7 Å². The van der Waals surface area contributed by atoms with E-state index in [-0.39, 0.29) is 47.2 Å². The SMILES string of the molecule is Cc1cccc(C(=O)N2CCN(C(=O)OC(C)(C)C)CC2)c1-n1c(N)c2c(cc1=O)C(=O)NC2=O. The maximum atomic E-state index is 13.5. The van der Waals surface area contributed by atoms with E-state index in [1.807, 2.05) is 0 Å². The van der Waals surface area contributed by atoms with Crippen molar-refractivity contribution in [3.8, 4) is 5.69 Å². The lowest BCUT2D eigenvalue weighted by Gasteiger charge is -2.36. The van der Waals surface area contributed by atoms with E-state index in [0.29, 0.717) is 18.7 Å². The average Bonchev–Trinajstić information content (AvgIpc) is 3.06. The first-order chi connectivity index (χ1) is 16.4. The highest BCUT2D eigenvalue weighted by Crippen LogP contribution is 2.27. The van der Waals surface area contributed by atoms with Crippen LogP contribution in [0.5, 0.6) is 0 Å². The molecule has 2 aliphatic rings. The van der Waals surface area contributed by atoms with E-state index >= 15 is 0 Å². The standard InChI is InChI=1S/C24H27N5O6/c1-13-6-5-7-14(22(33)27-8-10-28(11-9-27)23(34)35-24(2,3)4)18(13)29-16(30)12-15-17(19(29)25)21(32)26-20(15)31/h5-7,12H,8-11,25H2,1-4H3,(H,26,31,32). The number of hydrogen-bond acceptors (Lipinski definition) is 7. The quantitative estimate of drug-likeness (QED) is 0.615. The van der Waals surface area contributed by atoms with E-state index in [9.17, 15) is 24.0 Å². The van der Waals surface area contributed by atoms with Crippen molar-refractivity contribution in [1.29, 1.82) is 0 Å². The molecular formula is C24H27N5O6. The fourth-order valence-corrected chi connectivity index (χ4v) is 4.23. The number of amides is 4. The summed E-state index contributed by atoms with van der Waals surface area (Å²) in [5, 5.41) is 2.13. The minimum absolute atomic E-state index is 0.0894. The van der Waals surface area contributed by atoms with Gasteiger partial charge in [-0.1, -0.05) is 12.1 Å². The zero-order valence-corrected chi connectivity index (χ0v) is 20.0. The highest BCUT2D eigenvalue weighted by atomic mass is 16.6. The van der Waals surface area contributed by atoms with Gasteiger partial charge in [0, 0.05) is 32.2 Å². The topological polar surface area (TPSA) is 144 Å². The van der Waals surface area contributed by atoms with Crippen LogP contribution in [-0.2, 0) is 4.74 Å². The molecule has 184 valence electrons. The summed E-state index contributed by atoms with van der Waals surface area (Å²) in [4.78, 5) is 66.3. The highest BCUT2D eigenvalue weighted by Gasteiger charge is 2.34. The summed E-state index contributed by atoms with van der Waals surface area (Å²) >= 11 is 0. The van der Waals surface area contributed by atoms with Crippen LogP contribution in [0.25, 0.3) is 5.69 Å². The number of aryl methyl sites for hydroxylation is 1. The Balaban J connectivity index is 1.66. The minimum Gasteiger partial charge on any atom is -0.444 e. The number of nitrogens with zero attached hydrogens (tertiary/aromatic N) is 3. The predicted octanol–water partition coefficient (Wildman–Crippen LogP) is 1.30. The number of piperazine rings is 1. The third kappa shape index (κ3) is 4.36. The van der Waals surface area contributed by atoms with E-state index in [1.54, 1.807) is 55.7 Å². The number of para-hydroxylation sites is 1. The van der Waals surface area contributed by atoms with Crippen LogP contribution in [-0.4, -0.2) is 70.0 Å². The zero-order chi connectivity index (χ0) is 25.7. The van der Waals surface area contributed by atoms with Gasteiger partial charge in [0.05, 0.1) is 22.4 Å².